The zero-order valence-electron chi connectivity index (χ0n) is 11.7. The molecular formula is C12H21Cl2N5. The van der Waals surface area contributed by atoms with Crippen molar-refractivity contribution in [3.63, 3.8) is 0 Å². The minimum absolute atomic E-state index is 0.229. The molecule has 4 N–H and O–H groups in total. The third-order valence-corrected chi connectivity index (χ3v) is 3.33. The number of pyridine rings is 1. The van der Waals surface area contributed by atoms with Gasteiger partial charge in [0.2, 0.25) is 0 Å². The molecule has 0 amide bonds. The van der Waals surface area contributed by atoms with Crippen LogP contribution in [0.2, 0.25) is 10.0 Å². The molecule has 0 saturated carbocycles. The monoisotopic (exact) mass is 305 g/mol. The number of halogens is 2. The van der Waals surface area contributed by atoms with E-state index in [-0.39, 0.29) is 6.04 Å². The number of aromatic nitrogens is 1. The lowest BCUT2D eigenvalue weighted by atomic mass is 10.0. The van der Waals surface area contributed by atoms with Gasteiger partial charge in [-0.1, -0.05) is 37.0 Å². The van der Waals surface area contributed by atoms with Crippen LogP contribution < -0.4 is 16.6 Å². The fourth-order valence-corrected chi connectivity index (χ4v) is 2.13. The van der Waals surface area contributed by atoms with E-state index in [1.54, 1.807) is 6.07 Å². The summed E-state index contributed by atoms with van der Waals surface area (Å²) in [4.78, 5) is 6.40. The van der Waals surface area contributed by atoms with E-state index in [9.17, 15) is 0 Å². The minimum Gasteiger partial charge on any atom is -0.364 e. The van der Waals surface area contributed by atoms with E-state index < -0.39 is 0 Å². The Balaban J connectivity index is 2.95. The Kier molecular flexibility index (Phi) is 6.13. The summed E-state index contributed by atoms with van der Waals surface area (Å²) >= 11 is 12.1. The van der Waals surface area contributed by atoms with Gasteiger partial charge in [0.05, 0.1) is 10.0 Å². The summed E-state index contributed by atoms with van der Waals surface area (Å²) in [7, 11) is 4.06. The molecule has 1 aromatic rings. The summed E-state index contributed by atoms with van der Waals surface area (Å²) < 4.78 is 0. The Morgan fingerprint density at radius 2 is 1.84 bits per heavy atom. The number of rotatable bonds is 6. The molecule has 0 radical (unpaired) electrons. The van der Waals surface area contributed by atoms with Crippen LogP contribution in [-0.4, -0.2) is 36.6 Å². The summed E-state index contributed by atoms with van der Waals surface area (Å²) in [6, 6.07) is 1.85. The highest BCUT2D eigenvalue weighted by atomic mass is 35.5. The first kappa shape index (κ1) is 16.3. The normalized spacial score (nSPS) is 12.9. The molecule has 0 aliphatic rings. The molecule has 0 aliphatic carbocycles. The quantitative estimate of drug-likeness (QED) is 0.557. The predicted molar refractivity (Wildman–Crippen MR) is 82.9 cm³/mol. The van der Waals surface area contributed by atoms with Gasteiger partial charge in [0.25, 0.3) is 0 Å². The van der Waals surface area contributed by atoms with Crippen molar-refractivity contribution in [2.75, 3.05) is 31.4 Å². The second kappa shape index (κ2) is 7.14. The largest absolute Gasteiger partial charge is 0.364 e. The molecule has 0 aromatic carbocycles. The van der Waals surface area contributed by atoms with Gasteiger partial charge in [-0.05, 0) is 26.1 Å². The van der Waals surface area contributed by atoms with Crippen LogP contribution in [0.25, 0.3) is 0 Å². The molecule has 19 heavy (non-hydrogen) atoms. The van der Waals surface area contributed by atoms with Gasteiger partial charge in [0.15, 0.2) is 5.82 Å². The van der Waals surface area contributed by atoms with Gasteiger partial charge < -0.3 is 15.6 Å². The zero-order chi connectivity index (χ0) is 14.6. The molecule has 1 heterocycles. The number of hydrazine groups is 1. The second-order valence-electron chi connectivity index (χ2n) is 5.05. The SMILES string of the molecule is CC(C)C(CN(C)C)Nc1nc(NN)c(Cl)cc1Cl. The molecule has 0 fully saturated rings. The van der Waals surface area contributed by atoms with Crippen LogP contribution in [0.15, 0.2) is 6.07 Å². The van der Waals surface area contributed by atoms with Crippen molar-refractivity contribution in [2.45, 2.75) is 19.9 Å². The molecule has 1 unspecified atom stereocenters. The van der Waals surface area contributed by atoms with E-state index in [0.717, 1.165) is 6.54 Å². The van der Waals surface area contributed by atoms with Crippen LogP contribution in [0.3, 0.4) is 0 Å². The van der Waals surface area contributed by atoms with Crippen LogP contribution in [0.5, 0.6) is 0 Å². The van der Waals surface area contributed by atoms with E-state index in [1.165, 1.54) is 0 Å². The molecule has 5 nitrogen and oxygen atoms in total. The lowest BCUT2D eigenvalue weighted by Gasteiger charge is -2.26. The van der Waals surface area contributed by atoms with Crippen molar-refractivity contribution >= 4 is 34.8 Å². The molecule has 7 heteroatoms. The van der Waals surface area contributed by atoms with Crippen LogP contribution in [-0.2, 0) is 0 Å². The highest BCUT2D eigenvalue weighted by Gasteiger charge is 2.17. The Bertz CT molecular complexity index is 423. The van der Waals surface area contributed by atoms with E-state index >= 15 is 0 Å². The van der Waals surface area contributed by atoms with Gasteiger partial charge in [-0.25, -0.2) is 10.8 Å². The molecule has 1 atom stereocenters. The van der Waals surface area contributed by atoms with Crippen LogP contribution in [0, 0.1) is 5.92 Å². The van der Waals surface area contributed by atoms with Gasteiger partial charge in [-0.2, -0.15) is 0 Å². The maximum atomic E-state index is 6.15. The number of hydrogen-bond acceptors (Lipinski definition) is 5. The standard InChI is InChI=1S/C12H21Cl2N5/c1-7(2)10(6-19(3)4)16-11-8(13)5-9(14)12(17-11)18-15/h5,7,10H,6,15H2,1-4H3,(H2,16,17,18). The maximum absolute atomic E-state index is 6.15. The van der Waals surface area contributed by atoms with Crippen LogP contribution >= 0.6 is 23.2 Å². The number of hydrogen-bond donors (Lipinski definition) is 3. The number of nitrogens with one attached hydrogen (secondary N) is 2. The van der Waals surface area contributed by atoms with Crippen molar-refractivity contribution in [2.24, 2.45) is 11.8 Å². The van der Waals surface area contributed by atoms with Gasteiger partial charge in [0, 0.05) is 12.6 Å². The van der Waals surface area contributed by atoms with Gasteiger partial charge in [-0.3, -0.25) is 0 Å². The highest BCUT2D eigenvalue weighted by Crippen LogP contribution is 2.29. The third kappa shape index (κ3) is 4.69. The lowest BCUT2D eigenvalue weighted by molar-refractivity contribution is 0.344. The highest BCUT2D eigenvalue weighted by molar-refractivity contribution is 6.37. The summed E-state index contributed by atoms with van der Waals surface area (Å²) in [5, 5.41) is 4.22. The molecule has 108 valence electrons. The van der Waals surface area contributed by atoms with Crippen molar-refractivity contribution in [1.82, 2.24) is 9.88 Å². The molecule has 0 aliphatic heterocycles. The van der Waals surface area contributed by atoms with E-state index in [0.29, 0.717) is 27.6 Å². The van der Waals surface area contributed by atoms with Crippen LogP contribution in [0.1, 0.15) is 13.8 Å². The Hall–Kier alpha value is -0.750. The summed E-state index contributed by atoms with van der Waals surface area (Å²) in [5.41, 5.74) is 2.45. The number of likely N-dealkylation sites (N-methyl/N-ethyl adjacent to an activating group) is 1. The van der Waals surface area contributed by atoms with Gasteiger partial charge in [-0.15, -0.1) is 0 Å². The predicted octanol–water partition coefficient (Wildman–Crippen LogP) is 2.67. The molecule has 1 rings (SSSR count). The summed E-state index contributed by atoms with van der Waals surface area (Å²) in [6.45, 7) is 5.17. The van der Waals surface area contributed by atoms with E-state index in [4.69, 9.17) is 29.0 Å². The topological polar surface area (TPSA) is 66.2 Å². The summed E-state index contributed by atoms with van der Waals surface area (Å²) in [6.07, 6.45) is 0. The van der Waals surface area contributed by atoms with Crippen molar-refractivity contribution in [3.8, 4) is 0 Å². The van der Waals surface area contributed by atoms with Crippen molar-refractivity contribution in [3.05, 3.63) is 16.1 Å². The Morgan fingerprint density at radius 1 is 1.26 bits per heavy atom. The first-order chi connectivity index (χ1) is 8.85. The average molecular weight is 306 g/mol. The van der Waals surface area contributed by atoms with Gasteiger partial charge >= 0.3 is 0 Å². The summed E-state index contributed by atoms with van der Waals surface area (Å²) in [5.74, 6) is 6.79. The lowest BCUT2D eigenvalue weighted by Crippen LogP contribution is -2.36. The number of nitrogens with two attached hydrogens (primary N) is 1. The Labute approximate surface area is 124 Å². The molecular weight excluding hydrogens is 285 g/mol. The minimum atomic E-state index is 0.229. The first-order valence-corrected chi connectivity index (χ1v) is 6.84. The number of nitrogens with zero attached hydrogens (tertiary/aromatic N) is 2. The molecule has 0 spiro atoms. The fourth-order valence-electron chi connectivity index (χ4n) is 1.66. The first-order valence-electron chi connectivity index (χ1n) is 6.09. The van der Waals surface area contributed by atoms with Gasteiger partial charge in [0.1, 0.15) is 5.82 Å². The maximum Gasteiger partial charge on any atom is 0.161 e. The van der Waals surface area contributed by atoms with Crippen molar-refractivity contribution in [1.29, 1.82) is 0 Å². The zero-order valence-corrected chi connectivity index (χ0v) is 13.2. The molecule has 0 saturated heterocycles. The van der Waals surface area contributed by atoms with E-state index in [2.05, 4.69) is 34.5 Å². The Morgan fingerprint density at radius 3 is 2.32 bits per heavy atom. The average Bonchev–Trinajstić information content (AvgIpc) is 2.30. The fraction of sp³-hybridized carbons (Fsp3) is 0.583. The van der Waals surface area contributed by atoms with Crippen LogP contribution in [0.4, 0.5) is 11.6 Å². The third-order valence-electron chi connectivity index (χ3n) is 2.75. The van der Waals surface area contributed by atoms with Crippen molar-refractivity contribution < 1.29 is 0 Å². The smallest absolute Gasteiger partial charge is 0.161 e. The number of anilines is 2. The number of nitrogen functional groups attached to an aromatic ring is 1. The second-order valence-corrected chi connectivity index (χ2v) is 5.87. The molecule has 0 bridgehead atoms. The van der Waals surface area contributed by atoms with E-state index in [1.807, 2.05) is 14.1 Å². The molecule has 1 aromatic heterocycles.